The monoisotopic (exact) mass is 397 g/mol. The summed E-state index contributed by atoms with van der Waals surface area (Å²) in [5.74, 6) is 1.49. The van der Waals surface area contributed by atoms with E-state index in [9.17, 15) is 4.79 Å². The molecule has 0 radical (unpaired) electrons. The van der Waals surface area contributed by atoms with Crippen molar-refractivity contribution in [3.63, 3.8) is 0 Å². The van der Waals surface area contributed by atoms with Crippen molar-refractivity contribution in [2.45, 2.75) is 56.7 Å². The van der Waals surface area contributed by atoms with Gasteiger partial charge in [0.05, 0.1) is 11.3 Å². The molecule has 0 aliphatic carbocycles. The maximum Gasteiger partial charge on any atom is 0.252 e. The first kappa shape index (κ1) is 22.5. The van der Waals surface area contributed by atoms with Crippen LogP contribution in [0.25, 0.3) is 0 Å². The van der Waals surface area contributed by atoms with Crippen molar-refractivity contribution in [2.75, 3.05) is 6.54 Å². The van der Waals surface area contributed by atoms with Gasteiger partial charge in [0, 0.05) is 28.8 Å². The molecule has 1 amide bonds. The molecular formula is C19H28ClN3O2S. The average molecular weight is 398 g/mol. The molecule has 26 heavy (non-hydrogen) atoms. The van der Waals surface area contributed by atoms with Gasteiger partial charge in [-0.15, -0.1) is 24.2 Å². The molecule has 1 aromatic heterocycles. The van der Waals surface area contributed by atoms with Gasteiger partial charge in [0.15, 0.2) is 0 Å². The summed E-state index contributed by atoms with van der Waals surface area (Å²) in [7, 11) is 0. The van der Waals surface area contributed by atoms with Gasteiger partial charge in [-0.2, -0.15) is 0 Å². The van der Waals surface area contributed by atoms with Gasteiger partial charge in [-0.3, -0.25) is 4.79 Å². The predicted molar refractivity (Wildman–Crippen MR) is 109 cm³/mol. The lowest BCUT2D eigenvalue weighted by Crippen LogP contribution is -2.40. The van der Waals surface area contributed by atoms with Gasteiger partial charge in [0.2, 0.25) is 0 Å². The van der Waals surface area contributed by atoms with Gasteiger partial charge >= 0.3 is 0 Å². The number of aromatic nitrogens is 1. The van der Waals surface area contributed by atoms with E-state index < -0.39 is 0 Å². The molecule has 0 aliphatic heterocycles. The summed E-state index contributed by atoms with van der Waals surface area (Å²) in [6.45, 7) is 6.44. The van der Waals surface area contributed by atoms with Crippen LogP contribution in [0.4, 0.5) is 0 Å². The van der Waals surface area contributed by atoms with Crippen molar-refractivity contribution < 1.29 is 9.32 Å². The van der Waals surface area contributed by atoms with E-state index in [0.717, 1.165) is 46.9 Å². The van der Waals surface area contributed by atoms with Crippen LogP contribution >= 0.6 is 24.2 Å². The molecule has 5 nitrogen and oxygen atoms in total. The summed E-state index contributed by atoms with van der Waals surface area (Å²) in [4.78, 5) is 13.6. The smallest absolute Gasteiger partial charge is 0.252 e. The third-order valence-electron chi connectivity index (χ3n) is 4.21. The van der Waals surface area contributed by atoms with Crippen LogP contribution in [-0.4, -0.2) is 23.7 Å². The molecule has 1 atom stereocenters. The minimum atomic E-state index is -0.0617. The topological polar surface area (TPSA) is 81.1 Å². The Morgan fingerprint density at radius 2 is 2.08 bits per heavy atom. The van der Waals surface area contributed by atoms with Gasteiger partial charge in [-0.1, -0.05) is 37.1 Å². The van der Waals surface area contributed by atoms with Crippen LogP contribution in [0.1, 0.15) is 53.6 Å². The minimum absolute atomic E-state index is 0. The minimum Gasteiger partial charge on any atom is -0.361 e. The van der Waals surface area contributed by atoms with E-state index in [1.54, 1.807) is 11.8 Å². The molecule has 0 saturated heterocycles. The largest absolute Gasteiger partial charge is 0.361 e. The van der Waals surface area contributed by atoms with Crippen LogP contribution in [0.5, 0.6) is 0 Å². The Morgan fingerprint density at radius 1 is 1.35 bits per heavy atom. The van der Waals surface area contributed by atoms with Gasteiger partial charge < -0.3 is 15.6 Å². The Morgan fingerprint density at radius 3 is 2.69 bits per heavy atom. The van der Waals surface area contributed by atoms with Crippen LogP contribution in [0.15, 0.2) is 33.7 Å². The molecule has 2 aromatic rings. The van der Waals surface area contributed by atoms with E-state index in [1.165, 1.54) is 0 Å². The second-order valence-electron chi connectivity index (χ2n) is 6.14. The highest BCUT2D eigenvalue weighted by molar-refractivity contribution is 7.98. The highest BCUT2D eigenvalue weighted by atomic mass is 35.5. The van der Waals surface area contributed by atoms with Crippen molar-refractivity contribution in [2.24, 2.45) is 5.73 Å². The van der Waals surface area contributed by atoms with Crippen LogP contribution in [0, 0.1) is 13.8 Å². The van der Waals surface area contributed by atoms with Gasteiger partial charge in [-0.05, 0) is 32.4 Å². The molecule has 1 unspecified atom stereocenters. The standard InChI is InChI=1S/C19H27N3O2S.ClH/c1-4-5-8-15(11-20)21-19(23)16-9-6-7-10-18(16)25-12-17-13(2)22-24-14(17)3;/h6-7,9-10,15H,4-5,8,11-12,20H2,1-3H3,(H,21,23);1H. The molecule has 3 N–H and O–H groups in total. The number of nitrogens with one attached hydrogen (secondary N) is 1. The SMILES string of the molecule is CCCCC(CN)NC(=O)c1ccccc1SCc1c(C)noc1C.Cl. The van der Waals surface area contributed by atoms with E-state index >= 15 is 0 Å². The Kier molecular flexibility index (Phi) is 9.76. The van der Waals surface area contributed by atoms with Gasteiger partial charge in [-0.25, -0.2) is 0 Å². The third kappa shape index (κ3) is 6.04. The number of nitrogens with two attached hydrogens (primary N) is 1. The second-order valence-corrected chi connectivity index (χ2v) is 7.15. The highest BCUT2D eigenvalue weighted by Crippen LogP contribution is 2.28. The maximum atomic E-state index is 12.7. The highest BCUT2D eigenvalue weighted by Gasteiger charge is 2.16. The quantitative estimate of drug-likeness (QED) is 0.618. The van der Waals surface area contributed by atoms with E-state index in [1.807, 2.05) is 38.1 Å². The lowest BCUT2D eigenvalue weighted by Gasteiger charge is -2.17. The molecule has 0 bridgehead atoms. The fraction of sp³-hybridized carbons (Fsp3) is 0.474. The molecule has 0 aliphatic rings. The predicted octanol–water partition coefficient (Wildman–Crippen LogP) is 4.25. The van der Waals surface area contributed by atoms with Crippen LogP contribution in [-0.2, 0) is 5.75 Å². The van der Waals surface area contributed by atoms with Gasteiger partial charge in [0.1, 0.15) is 5.76 Å². The van der Waals surface area contributed by atoms with Crippen LogP contribution in [0.3, 0.4) is 0 Å². The van der Waals surface area contributed by atoms with Gasteiger partial charge in [0.25, 0.3) is 5.91 Å². The van der Waals surface area contributed by atoms with Crippen molar-refractivity contribution in [1.82, 2.24) is 10.5 Å². The molecule has 144 valence electrons. The van der Waals surface area contributed by atoms with E-state index in [4.69, 9.17) is 10.3 Å². The molecular weight excluding hydrogens is 370 g/mol. The number of thioether (sulfide) groups is 1. The summed E-state index contributed by atoms with van der Waals surface area (Å²) in [6, 6.07) is 7.69. The van der Waals surface area contributed by atoms with Crippen molar-refractivity contribution >= 4 is 30.1 Å². The Labute approximate surface area is 165 Å². The zero-order valence-electron chi connectivity index (χ0n) is 15.6. The van der Waals surface area contributed by atoms with Crippen molar-refractivity contribution in [3.05, 3.63) is 46.8 Å². The number of hydrogen-bond acceptors (Lipinski definition) is 5. The van der Waals surface area contributed by atoms with Crippen molar-refractivity contribution in [1.29, 1.82) is 0 Å². The second kappa shape index (κ2) is 11.3. The molecule has 7 heteroatoms. The number of halogens is 1. The Balaban J connectivity index is 0.00000338. The Bertz CT molecular complexity index is 686. The molecule has 1 aromatic carbocycles. The number of carbonyl (C=O) groups excluding carboxylic acids is 1. The number of nitrogens with zero attached hydrogens (tertiary/aromatic N) is 1. The summed E-state index contributed by atoms with van der Waals surface area (Å²) in [5, 5.41) is 7.05. The number of benzene rings is 1. The number of rotatable bonds is 9. The number of hydrogen-bond donors (Lipinski definition) is 2. The zero-order chi connectivity index (χ0) is 18.2. The first-order valence-corrected chi connectivity index (χ1v) is 9.69. The summed E-state index contributed by atoms with van der Waals surface area (Å²) < 4.78 is 5.21. The fourth-order valence-electron chi connectivity index (χ4n) is 2.60. The van der Waals surface area contributed by atoms with E-state index in [0.29, 0.717) is 12.1 Å². The zero-order valence-corrected chi connectivity index (χ0v) is 17.2. The number of amides is 1. The first-order valence-electron chi connectivity index (χ1n) is 8.71. The average Bonchev–Trinajstić information content (AvgIpc) is 2.94. The van der Waals surface area contributed by atoms with E-state index in [-0.39, 0.29) is 24.4 Å². The third-order valence-corrected chi connectivity index (χ3v) is 5.31. The van der Waals surface area contributed by atoms with Crippen LogP contribution in [0.2, 0.25) is 0 Å². The van der Waals surface area contributed by atoms with Crippen molar-refractivity contribution in [3.8, 4) is 0 Å². The van der Waals surface area contributed by atoms with E-state index in [2.05, 4.69) is 17.4 Å². The maximum absolute atomic E-state index is 12.7. The molecule has 0 spiro atoms. The molecule has 1 heterocycles. The Hall–Kier alpha value is -1.50. The normalized spacial score (nSPS) is 11.7. The fourth-order valence-corrected chi connectivity index (χ4v) is 3.80. The summed E-state index contributed by atoms with van der Waals surface area (Å²) in [5.41, 5.74) is 8.47. The summed E-state index contributed by atoms with van der Waals surface area (Å²) >= 11 is 1.62. The molecule has 2 rings (SSSR count). The number of carbonyl (C=O) groups is 1. The molecule has 0 saturated carbocycles. The molecule has 0 fully saturated rings. The number of unbranched alkanes of at least 4 members (excludes halogenated alkanes) is 1. The lowest BCUT2D eigenvalue weighted by molar-refractivity contribution is 0.0933. The first-order chi connectivity index (χ1) is 12.1. The number of aryl methyl sites for hydroxylation is 2. The summed E-state index contributed by atoms with van der Waals surface area (Å²) in [6.07, 6.45) is 3.06. The lowest BCUT2D eigenvalue weighted by atomic mass is 10.1. The van der Waals surface area contributed by atoms with Crippen LogP contribution < -0.4 is 11.1 Å².